The molecule has 0 aromatic carbocycles. The summed E-state index contributed by atoms with van der Waals surface area (Å²) >= 11 is 0. The molecule has 1 rings (SSSR count). The molecular formula is C14H29NO3. The molecule has 0 aliphatic heterocycles. The third-order valence-electron chi connectivity index (χ3n) is 3.33. The molecule has 4 heteroatoms. The van der Waals surface area contributed by atoms with Crippen molar-refractivity contribution in [1.82, 2.24) is 5.32 Å². The van der Waals surface area contributed by atoms with Crippen molar-refractivity contribution in [2.45, 2.75) is 58.3 Å². The molecule has 3 unspecified atom stereocenters. The van der Waals surface area contributed by atoms with E-state index in [0.717, 1.165) is 5.92 Å². The normalized spacial score (nSPS) is 25.8. The molecule has 0 saturated heterocycles. The summed E-state index contributed by atoms with van der Waals surface area (Å²) in [5.74, 6) is 0.823. The van der Waals surface area contributed by atoms with Crippen LogP contribution in [0, 0.1) is 5.92 Å². The minimum absolute atomic E-state index is 0.240. The largest absolute Gasteiger partial charge is 0.389 e. The van der Waals surface area contributed by atoms with Crippen LogP contribution in [0.25, 0.3) is 0 Å². The first kappa shape index (κ1) is 15.9. The van der Waals surface area contributed by atoms with E-state index >= 15 is 0 Å². The maximum atomic E-state index is 9.76. The predicted octanol–water partition coefficient (Wildman–Crippen LogP) is 1.57. The summed E-state index contributed by atoms with van der Waals surface area (Å²) < 4.78 is 10.7. The van der Waals surface area contributed by atoms with Gasteiger partial charge in [0.05, 0.1) is 32.0 Å². The number of hydrogen-bond donors (Lipinski definition) is 2. The molecule has 0 bridgehead atoms. The van der Waals surface area contributed by atoms with Crippen molar-refractivity contribution in [3.05, 3.63) is 0 Å². The van der Waals surface area contributed by atoms with Crippen LogP contribution in [0.5, 0.6) is 0 Å². The summed E-state index contributed by atoms with van der Waals surface area (Å²) in [6.45, 7) is 8.45. The lowest BCUT2D eigenvalue weighted by molar-refractivity contribution is -0.0105. The lowest BCUT2D eigenvalue weighted by Gasteiger charge is -2.16. The van der Waals surface area contributed by atoms with Gasteiger partial charge in [0.1, 0.15) is 0 Å². The SMILES string of the molecule is CC1CCC(NCC(O)COCCOC(C)C)C1. The van der Waals surface area contributed by atoms with Crippen molar-refractivity contribution >= 4 is 0 Å². The van der Waals surface area contributed by atoms with Crippen LogP contribution in [0.4, 0.5) is 0 Å². The van der Waals surface area contributed by atoms with Gasteiger partial charge in [-0.1, -0.05) is 6.92 Å². The molecule has 0 radical (unpaired) electrons. The van der Waals surface area contributed by atoms with Gasteiger partial charge in [-0.25, -0.2) is 0 Å². The quantitative estimate of drug-likeness (QED) is 0.617. The minimum Gasteiger partial charge on any atom is -0.389 e. The van der Waals surface area contributed by atoms with Gasteiger partial charge in [0.25, 0.3) is 0 Å². The summed E-state index contributed by atoms with van der Waals surface area (Å²) in [5.41, 5.74) is 0. The Balaban J connectivity index is 1.92. The first-order valence-corrected chi connectivity index (χ1v) is 7.18. The zero-order chi connectivity index (χ0) is 13.4. The predicted molar refractivity (Wildman–Crippen MR) is 72.7 cm³/mol. The highest BCUT2D eigenvalue weighted by atomic mass is 16.5. The molecule has 0 amide bonds. The van der Waals surface area contributed by atoms with Crippen LogP contribution in [0.1, 0.15) is 40.0 Å². The molecule has 18 heavy (non-hydrogen) atoms. The van der Waals surface area contributed by atoms with Gasteiger partial charge >= 0.3 is 0 Å². The van der Waals surface area contributed by atoms with E-state index in [4.69, 9.17) is 9.47 Å². The molecule has 1 fully saturated rings. The average Bonchev–Trinajstić information content (AvgIpc) is 2.71. The van der Waals surface area contributed by atoms with Crippen molar-refractivity contribution in [2.24, 2.45) is 5.92 Å². The van der Waals surface area contributed by atoms with Gasteiger partial charge in [0, 0.05) is 12.6 Å². The highest BCUT2D eigenvalue weighted by Gasteiger charge is 2.21. The van der Waals surface area contributed by atoms with E-state index in [1.165, 1.54) is 19.3 Å². The van der Waals surface area contributed by atoms with Gasteiger partial charge in [-0.3, -0.25) is 0 Å². The Kier molecular flexibility index (Phi) is 7.82. The Labute approximate surface area is 111 Å². The number of rotatable bonds is 9. The molecular weight excluding hydrogens is 230 g/mol. The smallest absolute Gasteiger partial charge is 0.0897 e. The van der Waals surface area contributed by atoms with Gasteiger partial charge < -0.3 is 19.9 Å². The van der Waals surface area contributed by atoms with E-state index in [1.54, 1.807) is 0 Å². The number of aliphatic hydroxyl groups is 1. The van der Waals surface area contributed by atoms with E-state index in [2.05, 4.69) is 12.2 Å². The molecule has 1 saturated carbocycles. The van der Waals surface area contributed by atoms with Gasteiger partial charge in [-0.15, -0.1) is 0 Å². The molecule has 1 aliphatic rings. The van der Waals surface area contributed by atoms with E-state index in [-0.39, 0.29) is 6.10 Å². The lowest BCUT2D eigenvalue weighted by Crippen LogP contribution is -2.36. The second-order valence-electron chi connectivity index (χ2n) is 5.67. The van der Waals surface area contributed by atoms with Crippen molar-refractivity contribution < 1.29 is 14.6 Å². The fourth-order valence-electron chi connectivity index (χ4n) is 2.32. The molecule has 0 aromatic heterocycles. The lowest BCUT2D eigenvalue weighted by atomic mass is 10.1. The number of ether oxygens (including phenoxy) is 2. The van der Waals surface area contributed by atoms with E-state index in [0.29, 0.717) is 32.4 Å². The summed E-state index contributed by atoms with van der Waals surface area (Å²) in [6, 6.07) is 0.582. The molecule has 108 valence electrons. The third kappa shape index (κ3) is 7.31. The highest BCUT2D eigenvalue weighted by molar-refractivity contribution is 4.79. The first-order chi connectivity index (χ1) is 8.58. The summed E-state index contributed by atoms with van der Waals surface area (Å²) in [7, 11) is 0. The minimum atomic E-state index is -0.417. The van der Waals surface area contributed by atoms with Crippen LogP contribution < -0.4 is 5.32 Å². The molecule has 2 N–H and O–H groups in total. The molecule has 0 heterocycles. The number of nitrogens with one attached hydrogen (secondary N) is 1. The van der Waals surface area contributed by atoms with Crippen LogP contribution in [-0.4, -0.2) is 49.7 Å². The zero-order valence-corrected chi connectivity index (χ0v) is 12.0. The van der Waals surface area contributed by atoms with Crippen LogP contribution in [-0.2, 0) is 9.47 Å². The summed E-state index contributed by atoms with van der Waals surface area (Å²) in [4.78, 5) is 0. The maximum Gasteiger partial charge on any atom is 0.0897 e. The Morgan fingerprint density at radius 3 is 2.67 bits per heavy atom. The van der Waals surface area contributed by atoms with Crippen LogP contribution in [0.2, 0.25) is 0 Å². The van der Waals surface area contributed by atoms with Crippen LogP contribution in [0.15, 0.2) is 0 Å². The highest BCUT2D eigenvalue weighted by Crippen LogP contribution is 2.24. The van der Waals surface area contributed by atoms with Crippen molar-refractivity contribution in [3.8, 4) is 0 Å². The maximum absolute atomic E-state index is 9.76. The molecule has 3 atom stereocenters. The Morgan fingerprint density at radius 1 is 1.28 bits per heavy atom. The second-order valence-corrected chi connectivity index (χ2v) is 5.67. The van der Waals surface area contributed by atoms with E-state index < -0.39 is 6.10 Å². The Morgan fingerprint density at radius 2 is 2.06 bits per heavy atom. The van der Waals surface area contributed by atoms with Gasteiger partial charge in [-0.05, 0) is 39.0 Å². The molecule has 4 nitrogen and oxygen atoms in total. The summed E-state index contributed by atoms with van der Waals surface area (Å²) in [6.07, 6.45) is 3.59. The van der Waals surface area contributed by atoms with Crippen LogP contribution in [0.3, 0.4) is 0 Å². The van der Waals surface area contributed by atoms with E-state index in [9.17, 15) is 5.11 Å². The fraction of sp³-hybridized carbons (Fsp3) is 1.00. The molecule has 0 aromatic rings. The molecule has 0 spiro atoms. The van der Waals surface area contributed by atoms with Crippen LogP contribution >= 0.6 is 0 Å². The average molecular weight is 259 g/mol. The Bertz CT molecular complexity index is 211. The number of hydrogen-bond acceptors (Lipinski definition) is 4. The van der Waals surface area contributed by atoms with E-state index in [1.807, 2.05) is 13.8 Å². The number of aliphatic hydroxyl groups excluding tert-OH is 1. The van der Waals surface area contributed by atoms with Gasteiger partial charge in [0.2, 0.25) is 0 Å². The topological polar surface area (TPSA) is 50.7 Å². The van der Waals surface area contributed by atoms with Crippen molar-refractivity contribution in [1.29, 1.82) is 0 Å². The van der Waals surface area contributed by atoms with Crippen molar-refractivity contribution in [2.75, 3.05) is 26.4 Å². The molecule has 1 aliphatic carbocycles. The Hall–Kier alpha value is -0.160. The summed E-state index contributed by atoms with van der Waals surface area (Å²) in [5, 5.41) is 13.2. The zero-order valence-electron chi connectivity index (χ0n) is 12.0. The van der Waals surface area contributed by atoms with Gasteiger partial charge in [0.15, 0.2) is 0 Å². The van der Waals surface area contributed by atoms with Crippen molar-refractivity contribution in [3.63, 3.8) is 0 Å². The second kappa shape index (κ2) is 8.86. The first-order valence-electron chi connectivity index (χ1n) is 7.18. The monoisotopic (exact) mass is 259 g/mol. The fourth-order valence-corrected chi connectivity index (χ4v) is 2.32. The standard InChI is InChI=1S/C14H29NO3/c1-11(2)18-7-6-17-10-14(16)9-15-13-5-4-12(3)8-13/h11-16H,4-10H2,1-3H3. The van der Waals surface area contributed by atoms with Gasteiger partial charge in [-0.2, -0.15) is 0 Å². The third-order valence-corrected chi connectivity index (χ3v) is 3.33.